The molecule has 0 fully saturated rings. The van der Waals surface area contributed by atoms with Crippen molar-refractivity contribution in [2.24, 2.45) is 0 Å². The zero-order valence-corrected chi connectivity index (χ0v) is 10.6. The number of alkyl halides is 1. The summed E-state index contributed by atoms with van der Waals surface area (Å²) in [5.41, 5.74) is 3.10. The van der Waals surface area contributed by atoms with E-state index < -0.39 is 0 Å². The number of aryl methyl sites for hydroxylation is 1. The first-order valence-electron chi connectivity index (χ1n) is 5.52. The molecule has 0 bridgehead atoms. The predicted molar refractivity (Wildman–Crippen MR) is 68.1 cm³/mol. The molecule has 3 nitrogen and oxygen atoms in total. The van der Waals surface area contributed by atoms with Gasteiger partial charge in [0.1, 0.15) is 5.82 Å². The molecule has 1 unspecified atom stereocenters. The molecule has 1 atom stereocenters. The molecular formula is C13H14ClN3. The fraction of sp³-hybridized carbons (Fsp3) is 0.308. The smallest absolute Gasteiger partial charge is 0.132 e. The fourth-order valence-corrected chi connectivity index (χ4v) is 1.90. The van der Waals surface area contributed by atoms with Crippen molar-refractivity contribution in [1.82, 2.24) is 15.0 Å². The standard InChI is InChI=1S/C13H14ClN3/c1-9(14)12-8-16-13(17-10(12)2)7-11-3-5-15-6-4-11/h3-6,8-9H,7H2,1-2H3. The van der Waals surface area contributed by atoms with E-state index in [1.807, 2.05) is 32.2 Å². The number of nitrogens with zero attached hydrogens (tertiary/aromatic N) is 3. The van der Waals surface area contributed by atoms with E-state index in [1.54, 1.807) is 12.4 Å². The van der Waals surface area contributed by atoms with E-state index in [0.29, 0.717) is 0 Å². The first-order chi connectivity index (χ1) is 8.16. The van der Waals surface area contributed by atoms with Crippen molar-refractivity contribution in [3.63, 3.8) is 0 Å². The van der Waals surface area contributed by atoms with Crippen LogP contribution in [0.5, 0.6) is 0 Å². The third-order valence-electron chi connectivity index (χ3n) is 2.61. The summed E-state index contributed by atoms with van der Waals surface area (Å²) >= 11 is 6.03. The lowest BCUT2D eigenvalue weighted by Crippen LogP contribution is -2.02. The topological polar surface area (TPSA) is 38.7 Å². The van der Waals surface area contributed by atoms with Gasteiger partial charge in [0.05, 0.1) is 5.38 Å². The Kier molecular flexibility index (Phi) is 3.69. The molecule has 0 radical (unpaired) electrons. The summed E-state index contributed by atoms with van der Waals surface area (Å²) in [6, 6.07) is 3.94. The molecule has 0 aliphatic carbocycles. The minimum absolute atomic E-state index is 0.0509. The van der Waals surface area contributed by atoms with Crippen LogP contribution in [-0.2, 0) is 6.42 Å². The molecule has 2 aromatic rings. The summed E-state index contributed by atoms with van der Waals surface area (Å²) in [4.78, 5) is 12.8. The molecule has 0 saturated heterocycles. The van der Waals surface area contributed by atoms with Crippen LogP contribution in [0.4, 0.5) is 0 Å². The van der Waals surface area contributed by atoms with Crippen molar-refractivity contribution in [2.45, 2.75) is 25.6 Å². The van der Waals surface area contributed by atoms with Crippen LogP contribution in [-0.4, -0.2) is 15.0 Å². The van der Waals surface area contributed by atoms with Gasteiger partial charge >= 0.3 is 0 Å². The van der Waals surface area contributed by atoms with Gasteiger partial charge in [0.15, 0.2) is 0 Å². The molecule has 88 valence electrons. The van der Waals surface area contributed by atoms with Crippen LogP contribution in [0.25, 0.3) is 0 Å². The number of pyridine rings is 1. The Morgan fingerprint density at radius 3 is 2.59 bits per heavy atom. The van der Waals surface area contributed by atoms with Gasteiger partial charge in [-0.05, 0) is 31.5 Å². The first-order valence-corrected chi connectivity index (χ1v) is 5.96. The van der Waals surface area contributed by atoms with E-state index in [9.17, 15) is 0 Å². The summed E-state index contributed by atoms with van der Waals surface area (Å²) in [5.74, 6) is 0.815. The summed E-state index contributed by atoms with van der Waals surface area (Å²) in [6.07, 6.45) is 6.09. The summed E-state index contributed by atoms with van der Waals surface area (Å²) in [7, 11) is 0. The van der Waals surface area contributed by atoms with Crippen molar-refractivity contribution < 1.29 is 0 Å². The van der Waals surface area contributed by atoms with E-state index in [2.05, 4.69) is 15.0 Å². The van der Waals surface area contributed by atoms with Crippen LogP contribution in [0, 0.1) is 6.92 Å². The van der Waals surface area contributed by atoms with Crippen LogP contribution in [0.2, 0.25) is 0 Å². The van der Waals surface area contributed by atoms with E-state index >= 15 is 0 Å². The number of halogens is 1. The Bertz CT molecular complexity index is 497. The van der Waals surface area contributed by atoms with Gasteiger partial charge in [0.2, 0.25) is 0 Å². The Morgan fingerprint density at radius 2 is 2.00 bits per heavy atom. The SMILES string of the molecule is Cc1nc(Cc2ccncc2)ncc1C(C)Cl. The summed E-state index contributed by atoms with van der Waals surface area (Å²) in [5, 5.41) is -0.0509. The van der Waals surface area contributed by atoms with Gasteiger partial charge in [0, 0.05) is 36.3 Å². The average Bonchev–Trinajstić information content (AvgIpc) is 2.30. The second kappa shape index (κ2) is 5.23. The van der Waals surface area contributed by atoms with Gasteiger partial charge in [-0.3, -0.25) is 4.98 Å². The van der Waals surface area contributed by atoms with E-state index in [4.69, 9.17) is 11.6 Å². The molecule has 0 saturated carbocycles. The highest BCUT2D eigenvalue weighted by Gasteiger charge is 2.08. The number of rotatable bonds is 3. The Labute approximate surface area is 106 Å². The number of hydrogen-bond acceptors (Lipinski definition) is 3. The van der Waals surface area contributed by atoms with Crippen LogP contribution in [0.1, 0.15) is 34.9 Å². The zero-order valence-electron chi connectivity index (χ0n) is 9.89. The van der Waals surface area contributed by atoms with Crippen molar-refractivity contribution in [3.8, 4) is 0 Å². The van der Waals surface area contributed by atoms with Gasteiger partial charge in [-0.2, -0.15) is 0 Å². The predicted octanol–water partition coefficient (Wildman–Crippen LogP) is 3.07. The lowest BCUT2D eigenvalue weighted by Gasteiger charge is -2.08. The van der Waals surface area contributed by atoms with Crippen LogP contribution in [0.3, 0.4) is 0 Å². The van der Waals surface area contributed by atoms with Crippen LogP contribution in [0.15, 0.2) is 30.7 Å². The monoisotopic (exact) mass is 247 g/mol. The Morgan fingerprint density at radius 1 is 1.29 bits per heavy atom. The summed E-state index contributed by atoms with van der Waals surface area (Å²) in [6.45, 7) is 3.89. The second-order valence-electron chi connectivity index (χ2n) is 3.98. The molecule has 0 amide bonds. The van der Waals surface area contributed by atoms with E-state index in [0.717, 1.165) is 29.1 Å². The van der Waals surface area contributed by atoms with Crippen molar-refractivity contribution in [2.75, 3.05) is 0 Å². The van der Waals surface area contributed by atoms with Gasteiger partial charge in [-0.15, -0.1) is 11.6 Å². The number of aromatic nitrogens is 3. The molecule has 0 N–H and O–H groups in total. The second-order valence-corrected chi connectivity index (χ2v) is 4.63. The minimum atomic E-state index is -0.0509. The van der Waals surface area contributed by atoms with Crippen molar-refractivity contribution in [3.05, 3.63) is 53.4 Å². The Balaban J connectivity index is 2.21. The maximum absolute atomic E-state index is 6.03. The third-order valence-corrected chi connectivity index (χ3v) is 2.84. The molecule has 2 rings (SSSR count). The number of hydrogen-bond donors (Lipinski definition) is 0. The van der Waals surface area contributed by atoms with Gasteiger partial charge < -0.3 is 0 Å². The molecule has 0 aliphatic heterocycles. The molecule has 0 aliphatic rings. The normalized spacial score (nSPS) is 12.4. The lowest BCUT2D eigenvalue weighted by molar-refractivity contribution is 0.894. The maximum Gasteiger partial charge on any atom is 0.132 e. The molecular weight excluding hydrogens is 234 g/mol. The molecule has 2 heterocycles. The average molecular weight is 248 g/mol. The molecule has 0 aromatic carbocycles. The third kappa shape index (κ3) is 3.01. The quantitative estimate of drug-likeness (QED) is 0.783. The minimum Gasteiger partial charge on any atom is -0.265 e. The van der Waals surface area contributed by atoms with Crippen LogP contribution < -0.4 is 0 Å². The van der Waals surface area contributed by atoms with Crippen molar-refractivity contribution >= 4 is 11.6 Å². The van der Waals surface area contributed by atoms with E-state index in [-0.39, 0.29) is 5.38 Å². The van der Waals surface area contributed by atoms with Gasteiger partial charge in [0.25, 0.3) is 0 Å². The zero-order chi connectivity index (χ0) is 12.3. The van der Waals surface area contributed by atoms with Crippen LogP contribution >= 0.6 is 11.6 Å². The molecule has 0 spiro atoms. The fourth-order valence-electron chi connectivity index (χ4n) is 1.68. The van der Waals surface area contributed by atoms with Gasteiger partial charge in [-0.1, -0.05) is 0 Å². The van der Waals surface area contributed by atoms with Gasteiger partial charge in [-0.25, -0.2) is 9.97 Å². The largest absolute Gasteiger partial charge is 0.265 e. The highest BCUT2D eigenvalue weighted by molar-refractivity contribution is 6.20. The van der Waals surface area contributed by atoms with Crippen molar-refractivity contribution in [1.29, 1.82) is 0 Å². The highest BCUT2D eigenvalue weighted by atomic mass is 35.5. The highest BCUT2D eigenvalue weighted by Crippen LogP contribution is 2.21. The Hall–Kier alpha value is -1.48. The van der Waals surface area contributed by atoms with E-state index in [1.165, 1.54) is 0 Å². The molecule has 2 aromatic heterocycles. The lowest BCUT2D eigenvalue weighted by atomic mass is 10.1. The maximum atomic E-state index is 6.03. The first kappa shape index (κ1) is 12.0. The summed E-state index contributed by atoms with van der Waals surface area (Å²) < 4.78 is 0. The molecule has 4 heteroatoms. The molecule has 17 heavy (non-hydrogen) atoms.